The number of fused-ring (bicyclic) bond motifs is 1. The van der Waals surface area contributed by atoms with Gasteiger partial charge >= 0.3 is 0 Å². The van der Waals surface area contributed by atoms with E-state index in [1.165, 1.54) is 15.6 Å². The number of thiophene rings is 1. The van der Waals surface area contributed by atoms with E-state index in [0.717, 1.165) is 23.6 Å². The van der Waals surface area contributed by atoms with Crippen molar-refractivity contribution in [2.45, 2.75) is 13.3 Å². The van der Waals surface area contributed by atoms with Crippen molar-refractivity contribution in [3.63, 3.8) is 0 Å². The van der Waals surface area contributed by atoms with E-state index in [4.69, 9.17) is 5.73 Å². The standard InChI is InChI=1S/C14H15N3S/c1-9-16-12(6-7-15)14(17-9)11-8-18-13-5-3-2-4-10(11)13/h2-5,8H,6-7,15H2,1H3,(H,16,17). The molecule has 0 spiro atoms. The van der Waals surface area contributed by atoms with E-state index in [1.807, 2.05) is 6.92 Å². The third kappa shape index (κ3) is 1.83. The molecule has 3 N–H and O–H groups in total. The Balaban J connectivity index is 2.19. The van der Waals surface area contributed by atoms with E-state index in [2.05, 4.69) is 39.6 Å². The predicted octanol–water partition coefficient (Wildman–Crippen LogP) is 3.10. The second-order valence-electron chi connectivity index (χ2n) is 4.33. The Hall–Kier alpha value is -1.65. The number of hydrogen-bond acceptors (Lipinski definition) is 3. The summed E-state index contributed by atoms with van der Waals surface area (Å²) in [6.45, 7) is 2.62. The van der Waals surface area contributed by atoms with Crippen LogP contribution in [0.4, 0.5) is 0 Å². The Kier molecular flexibility index (Phi) is 2.89. The molecule has 0 aliphatic heterocycles. The number of hydrogen-bond donors (Lipinski definition) is 2. The third-order valence-corrected chi connectivity index (χ3v) is 3.99. The summed E-state index contributed by atoms with van der Waals surface area (Å²) in [5.74, 6) is 0.948. The van der Waals surface area contributed by atoms with Gasteiger partial charge in [0.1, 0.15) is 5.82 Å². The van der Waals surface area contributed by atoms with Gasteiger partial charge in [-0.15, -0.1) is 11.3 Å². The van der Waals surface area contributed by atoms with Gasteiger partial charge in [-0.25, -0.2) is 4.98 Å². The van der Waals surface area contributed by atoms with Crippen molar-refractivity contribution in [1.29, 1.82) is 0 Å². The highest BCUT2D eigenvalue weighted by Gasteiger charge is 2.13. The van der Waals surface area contributed by atoms with E-state index in [-0.39, 0.29) is 0 Å². The van der Waals surface area contributed by atoms with Gasteiger partial charge in [-0.2, -0.15) is 0 Å². The molecular formula is C14H15N3S. The minimum absolute atomic E-state index is 0.636. The van der Waals surface area contributed by atoms with Crippen LogP contribution in [0.3, 0.4) is 0 Å². The first-order valence-electron chi connectivity index (χ1n) is 6.01. The first kappa shape index (κ1) is 11.4. The second kappa shape index (κ2) is 4.55. The Morgan fingerprint density at radius 3 is 3.00 bits per heavy atom. The monoisotopic (exact) mass is 257 g/mol. The fourth-order valence-corrected chi connectivity index (χ4v) is 3.20. The molecule has 92 valence electrons. The lowest BCUT2D eigenvalue weighted by atomic mass is 10.1. The zero-order chi connectivity index (χ0) is 12.5. The van der Waals surface area contributed by atoms with E-state index >= 15 is 0 Å². The summed E-state index contributed by atoms with van der Waals surface area (Å²) in [4.78, 5) is 7.93. The molecule has 0 atom stereocenters. The van der Waals surface area contributed by atoms with Crippen molar-refractivity contribution < 1.29 is 0 Å². The Morgan fingerprint density at radius 2 is 2.17 bits per heavy atom. The van der Waals surface area contributed by atoms with E-state index in [0.29, 0.717) is 6.54 Å². The largest absolute Gasteiger partial charge is 0.346 e. The molecule has 0 unspecified atom stereocenters. The van der Waals surface area contributed by atoms with Gasteiger partial charge in [0.2, 0.25) is 0 Å². The first-order valence-corrected chi connectivity index (χ1v) is 6.89. The smallest absolute Gasteiger partial charge is 0.103 e. The molecule has 1 aromatic carbocycles. The van der Waals surface area contributed by atoms with Crippen molar-refractivity contribution in [1.82, 2.24) is 9.97 Å². The summed E-state index contributed by atoms with van der Waals surface area (Å²) < 4.78 is 1.30. The molecular weight excluding hydrogens is 242 g/mol. The van der Waals surface area contributed by atoms with Gasteiger partial charge < -0.3 is 10.7 Å². The number of benzene rings is 1. The summed E-state index contributed by atoms with van der Waals surface area (Å²) in [6.07, 6.45) is 0.834. The second-order valence-corrected chi connectivity index (χ2v) is 5.24. The van der Waals surface area contributed by atoms with Gasteiger partial charge in [0.15, 0.2) is 0 Å². The summed E-state index contributed by atoms with van der Waals surface area (Å²) >= 11 is 1.76. The predicted molar refractivity (Wildman–Crippen MR) is 76.9 cm³/mol. The van der Waals surface area contributed by atoms with Crippen LogP contribution in [0.2, 0.25) is 0 Å². The molecule has 0 amide bonds. The maximum atomic E-state index is 5.66. The zero-order valence-electron chi connectivity index (χ0n) is 10.2. The van der Waals surface area contributed by atoms with Gasteiger partial charge in [0, 0.05) is 33.1 Å². The van der Waals surface area contributed by atoms with Crippen LogP contribution in [0.5, 0.6) is 0 Å². The number of aromatic amines is 1. The van der Waals surface area contributed by atoms with Crippen molar-refractivity contribution in [2.75, 3.05) is 6.54 Å². The van der Waals surface area contributed by atoms with Crippen LogP contribution in [0.1, 0.15) is 11.5 Å². The lowest BCUT2D eigenvalue weighted by Gasteiger charge is -2.00. The van der Waals surface area contributed by atoms with E-state index in [9.17, 15) is 0 Å². The average Bonchev–Trinajstić information content (AvgIpc) is 2.93. The molecule has 3 aromatic rings. The van der Waals surface area contributed by atoms with Crippen LogP contribution in [-0.2, 0) is 6.42 Å². The van der Waals surface area contributed by atoms with Crippen LogP contribution in [0, 0.1) is 6.92 Å². The number of nitrogens with two attached hydrogens (primary N) is 1. The van der Waals surface area contributed by atoms with Crippen LogP contribution < -0.4 is 5.73 Å². The normalized spacial score (nSPS) is 11.2. The number of aromatic nitrogens is 2. The fourth-order valence-electron chi connectivity index (χ4n) is 2.25. The Labute approximate surface area is 110 Å². The van der Waals surface area contributed by atoms with E-state index < -0.39 is 0 Å². The van der Waals surface area contributed by atoms with Crippen LogP contribution in [0.15, 0.2) is 29.6 Å². The number of aryl methyl sites for hydroxylation is 1. The van der Waals surface area contributed by atoms with Gasteiger partial charge in [-0.05, 0) is 19.5 Å². The van der Waals surface area contributed by atoms with Crippen molar-refractivity contribution in [3.05, 3.63) is 41.2 Å². The van der Waals surface area contributed by atoms with Gasteiger partial charge in [0.25, 0.3) is 0 Å². The lowest BCUT2D eigenvalue weighted by Crippen LogP contribution is -2.04. The van der Waals surface area contributed by atoms with Crippen molar-refractivity contribution in [2.24, 2.45) is 5.73 Å². The quantitative estimate of drug-likeness (QED) is 0.757. The number of rotatable bonds is 3. The fraction of sp³-hybridized carbons (Fsp3) is 0.214. The Morgan fingerprint density at radius 1 is 1.33 bits per heavy atom. The maximum absolute atomic E-state index is 5.66. The number of imidazole rings is 1. The topological polar surface area (TPSA) is 54.7 Å². The highest BCUT2D eigenvalue weighted by Crippen LogP contribution is 2.34. The highest BCUT2D eigenvalue weighted by molar-refractivity contribution is 7.17. The molecule has 2 aromatic heterocycles. The molecule has 0 bridgehead atoms. The zero-order valence-corrected chi connectivity index (χ0v) is 11.1. The molecule has 4 heteroatoms. The molecule has 3 rings (SSSR count). The molecule has 0 fully saturated rings. The summed E-state index contributed by atoms with van der Waals surface area (Å²) in [6, 6.07) is 8.43. The number of H-pyrrole nitrogens is 1. The van der Waals surface area contributed by atoms with Gasteiger partial charge in [-0.1, -0.05) is 18.2 Å². The first-order chi connectivity index (χ1) is 8.79. The van der Waals surface area contributed by atoms with Gasteiger partial charge in [-0.3, -0.25) is 0 Å². The molecule has 0 saturated heterocycles. The van der Waals surface area contributed by atoms with Crippen molar-refractivity contribution >= 4 is 21.4 Å². The molecule has 3 nitrogen and oxygen atoms in total. The minimum Gasteiger partial charge on any atom is -0.346 e. The number of nitrogens with zero attached hydrogens (tertiary/aromatic N) is 1. The molecule has 0 saturated carbocycles. The SMILES string of the molecule is Cc1nc(-c2csc3ccccc23)c(CCN)[nH]1. The molecule has 0 aliphatic rings. The van der Waals surface area contributed by atoms with Crippen LogP contribution in [0.25, 0.3) is 21.3 Å². The third-order valence-electron chi connectivity index (χ3n) is 3.03. The molecule has 0 radical (unpaired) electrons. The highest BCUT2D eigenvalue weighted by atomic mass is 32.1. The maximum Gasteiger partial charge on any atom is 0.103 e. The van der Waals surface area contributed by atoms with E-state index in [1.54, 1.807) is 11.3 Å². The van der Waals surface area contributed by atoms with Gasteiger partial charge in [0.05, 0.1) is 5.69 Å². The molecule has 0 aliphatic carbocycles. The summed E-state index contributed by atoms with van der Waals surface area (Å²) in [5, 5.41) is 3.45. The molecule has 2 heterocycles. The van der Waals surface area contributed by atoms with Crippen molar-refractivity contribution in [3.8, 4) is 11.3 Å². The van der Waals surface area contributed by atoms with Crippen LogP contribution >= 0.6 is 11.3 Å². The lowest BCUT2D eigenvalue weighted by molar-refractivity contribution is 0.931. The number of nitrogens with one attached hydrogen (secondary N) is 1. The Bertz CT molecular complexity index is 681. The average molecular weight is 257 g/mol. The summed E-state index contributed by atoms with van der Waals surface area (Å²) in [5.41, 5.74) is 9.06. The van der Waals surface area contributed by atoms with Crippen LogP contribution in [-0.4, -0.2) is 16.5 Å². The molecule has 18 heavy (non-hydrogen) atoms. The minimum atomic E-state index is 0.636. The summed E-state index contributed by atoms with van der Waals surface area (Å²) in [7, 11) is 0.